The first-order valence-electron chi connectivity index (χ1n) is 9.13. The predicted octanol–water partition coefficient (Wildman–Crippen LogP) is 5.12. The first kappa shape index (κ1) is 18.6. The minimum absolute atomic E-state index is 0.237. The first-order chi connectivity index (χ1) is 14.2. The zero-order chi connectivity index (χ0) is 20.1. The summed E-state index contributed by atoms with van der Waals surface area (Å²) in [6, 6.07) is 24.0. The van der Waals surface area contributed by atoms with E-state index in [0.29, 0.717) is 23.6 Å². The van der Waals surface area contributed by atoms with Crippen LogP contribution in [0.4, 0.5) is 0 Å². The number of carbonyl (C=O) groups is 1. The third-order valence-corrected chi connectivity index (χ3v) is 4.36. The van der Waals surface area contributed by atoms with Crippen LogP contribution in [0.3, 0.4) is 0 Å². The van der Waals surface area contributed by atoms with Crippen LogP contribution in [0, 0.1) is 0 Å². The smallest absolute Gasteiger partial charge is 0.337 e. The van der Waals surface area contributed by atoms with E-state index >= 15 is 0 Å². The van der Waals surface area contributed by atoms with Crippen molar-refractivity contribution >= 4 is 11.9 Å². The number of oxime groups is 1. The molecule has 0 aromatic heterocycles. The number of nitrogens with zero attached hydrogens (tertiary/aromatic N) is 1. The Kier molecular flexibility index (Phi) is 5.42. The van der Waals surface area contributed by atoms with Gasteiger partial charge in [0.2, 0.25) is 5.90 Å². The highest BCUT2D eigenvalue weighted by atomic mass is 16.7. The summed E-state index contributed by atoms with van der Waals surface area (Å²) >= 11 is 0. The minimum Gasteiger partial charge on any atom is -0.465 e. The Morgan fingerprint density at radius 3 is 2.38 bits per heavy atom. The highest BCUT2D eigenvalue weighted by Gasteiger charge is 2.25. The van der Waals surface area contributed by atoms with E-state index in [4.69, 9.17) is 19.0 Å². The SMILES string of the molecule is COC(=O)c1cccc(OC2=NO[C@H](c3ccc(Oc4ccccc4)cc3)C2)c1. The Hall–Kier alpha value is -3.80. The summed E-state index contributed by atoms with van der Waals surface area (Å²) in [5.41, 5.74) is 1.38. The Bertz CT molecular complexity index is 1010. The van der Waals surface area contributed by atoms with Crippen LogP contribution in [0.2, 0.25) is 0 Å². The molecule has 0 bridgehead atoms. The van der Waals surface area contributed by atoms with Crippen molar-refractivity contribution in [2.24, 2.45) is 5.16 Å². The summed E-state index contributed by atoms with van der Waals surface area (Å²) < 4.78 is 16.3. The van der Waals surface area contributed by atoms with Crippen LogP contribution >= 0.6 is 0 Å². The van der Waals surface area contributed by atoms with Gasteiger partial charge in [-0.05, 0) is 48.0 Å². The van der Waals surface area contributed by atoms with Gasteiger partial charge in [-0.2, -0.15) is 0 Å². The molecule has 0 spiro atoms. The molecule has 29 heavy (non-hydrogen) atoms. The second kappa shape index (κ2) is 8.48. The molecule has 1 aliphatic heterocycles. The lowest BCUT2D eigenvalue weighted by Crippen LogP contribution is -2.08. The van der Waals surface area contributed by atoms with Crippen LogP contribution in [0.1, 0.15) is 28.4 Å². The van der Waals surface area contributed by atoms with Gasteiger partial charge in [0.1, 0.15) is 17.2 Å². The van der Waals surface area contributed by atoms with E-state index in [1.54, 1.807) is 24.3 Å². The van der Waals surface area contributed by atoms with Gasteiger partial charge < -0.3 is 19.0 Å². The van der Waals surface area contributed by atoms with Gasteiger partial charge in [-0.3, -0.25) is 0 Å². The molecule has 146 valence electrons. The fraction of sp³-hybridized carbons (Fsp3) is 0.130. The number of methoxy groups -OCH3 is 1. The fourth-order valence-corrected chi connectivity index (χ4v) is 2.91. The lowest BCUT2D eigenvalue weighted by atomic mass is 10.1. The molecule has 1 aliphatic rings. The molecule has 6 heteroatoms. The Balaban J connectivity index is 1.36. The van der Waals surface area contributed by atoms with E-state index in [2.05, 4.69) is 5.16 Å². The summed E-state index contributed by atoms with van der Waals surface area (Å²) in [5, 5.41) is 4.02. The molecule has 3 aromatic rings. The molecule has 0 radical (unpaired) electrons. The number of rotatable bonds is 5. The molecule has 0 saturated heterocycles. The average molecular weight is 389 g/mol. The van der Waals surface area contributed by atoms with E-state index in [1.165, 1.54) is 7.11 Å². The maximum Gasteiger partial charge on any atom is 0.337 e. The van der Waals surface area contributed by atoms with Gasteiger partial charge in [-0.15, -0.1) is 0 Å². The molecule has 0 fully saturated rings. The molecule has 0 amide bonds. The lowest BCUT2D eigenvalue weighted by Gasteiger charge is -2.10. The largest absolute Gasteiger partial charge is 0.465 e. The average Bonchev–Trinajstić information content (AvgIpc) is 3.23. The second-order valence-electron chi connectivity index (χ2n) is 6.39. The highest BCUT2D eigenvalue weighted by Crippen LogP contribution is 2.30. The fourth-order valence-electron chi connectivity index (χ4n) is 2.91. The summed E-state index contributed by atoms with van der Waals surface area (Å²) in [6.07, 6.45) is 0.251. The van der Waals surface area contributed by atoms with Gasteiger partial charge in [-0.1, -0.05) is 41.6 Å². The summed E-state index contributed by atoms with van der Waals surface area (Å²) in [6.45, 7) is 0. The number of hydrogen-bond donors (Lipinski definition) is 0. The Labute approximate surface area is 168 Å². The van der Waals surface area contributed by atoms with Gasteiger partial charge in [0, 0.05) is 0 Å². The molecule has 1 heterocycles. The minimum atomic E-state index is -0.421. The molecule has 0 N–H and O–H groups in total. The van der Waals surface area contributed by atoms with Crippen molar-refractivity contribution in [1.82, 2.24) is 0 Å². The highest BCUT2D eigenvalue weighted by molar-refractivity contribution is 5.90. The number of carbonyl (C=O) groups excluding carboxylic acids is 1. The quantitative estimate of drug-likeness (QED) is 0.567. The maximum absolute atomic E-state index is 11.6. The van der Waals surface area contributed by atoms with Crippen LogP contribution in [0.5, 0.6) is 17.2 Å². The van der Waals surface area contributed by atoms with E-state index in [0.717, 1.165) is 17.1 Å². The number of benzene rings is 3. The molecule has 0 aliphatic carbocycles. The standard InChI is InChI=1S/C23H19NO5/c1-26-23(25)17-6-5-9-20(14-17)28-22-15-21(29-24-22)16-10-12-19(13-11-16)27-18-7-3-2-4-8-18/h2-14,21H,15H2,1H3/t21-/m0/s1. The molecular weight excluding hydrogens is 370 g/mol. The summed E-state index contributed by atoms with van der Waals surface area (Å²) in [5.74, 6) is 2.06. The van der Waals surface area contributed by atoms with Gasteiger partial charge in [0.15, 0.2) is 6.10 Å². The van der Waals surface area contributed by atoms with Gasteiger partial charge >= 0.3 is 5.97 Å². The van der Waals surface area contributed by atoms with Crippen molar-refractivity contribution in [2.45, 2.75) is 12.5 Å². The zero-order valence-corrected chi connectivity index (χ0v) is 15.8. The van der Waals surface area contributed by atoms with Crippen molar-refractivity contribution in [1.29, 1.82) is 0 Å². The van der Waals surface area contributed by atoms with E-state index in [-0.39, 0.29) is 6.10 Å². The monoisotopic (exact) mass is 389 g/mol. The predicted molar refractivity (Wildman–Crippen MR) is 107 cm³/mol. The second-order valence-corrected chi connectivity index (χ2v) is 6.39. The molecule has 4 rings (SSSR count). The zero-order valence-electron chi connectivity index (χ0n) is 15.8. The van der Waals surface area contributed by atoms with Crippen LogP contribution < -0.4 is 9.47 Å². The number of esters is 1. The molecule has 6 nitrogen and oxygen atoms in total. The summed E-state index contributed by atoms with van der Waals surface area (Å²) in [7, 11) is 1.34. The van der Waals surface area contributed by atoms with E-state index < -0.39 is 5.97 Å². The van der Waals surface area contributed by atoms with Crippen molar-refractivity contribution in [2.75, 3.05) is 7.11 Å². The van der Waals surface area contributed by atoms with Crippen molar-refractivity contribution in [3.63, 3.8) is 0 Å². The van der Waals surface area contributed by atoms with Gasteiger partial charge in [-0.25, -0.2) is 4.79 Å². The topological polar surface area (TPSA) is 66.4 Å². The normalized spacial score (nSPS) is 15.2. The number of para-hydroxylation sites is 1. The van der Waals surface area contributed by atoms with E-state index in [1.807, 2.05) is 54.6 Å². The first-order valence-corrected chi connectivity index (χ1v) is 9.13. The van der Waals surface area contributed by atoms with Gasteiger partial charge in [0.25, 0.3) is 0 Å². The van der Waals surface area contributed by atoms with Crippen LogP contribution in [0.25, 0.3) is 0 Å². The van der Waals surface area contributed by atoms with Crippen molar-refractivity contribution in [3.8, 4) is 17.2 Å². The van der Waals surface area contributed by atoms with Crippen LogP contribution in [-0.4, -0.2) is 19.0 Å². The van der Waals surface area contributed by atoms with Crippen LogP contribution in [0.15, 0.2) is 84.0 Å². The molecule has 0 unspecified atom stereocenters. The molecule has 1 atom stereocenters. The van der Waals surface area contributed by atoms with Gasteiger partial charge in [0.05, 0.1) is 19.1 Å². The molecule has 0 saturated carbocycles. The number of hydrogen-bond acceptors (Lipinski definition) is 6. The third kappa shape index (κ3) is 4.55. The third-order valence-electron chi connectivity index (χ3n) is 4.36. The number of ether oxygens (including phenoxy) is 3. The molecule has 3 aromatic carbocycles. The lowest BCUT2D eigenvalue weighted by molar-refractivity contribution is 0.0600. The summed E-state index contributed by atoms with van der Waals surface area (Å²) in [4.78, 5) is 17.2. The van der Waals surface area contributed by atoms with Crippen LogP contribution in [-0.2, 0) is 9.57 Å². The van der Waals surface area contributed by atoms with Crippen molar-refractivity contribution in [3.05, 3.63) is 90.0 Å². The Morgan fingerprint density at radius 2 is 1.62 bits per heavy atom. The molecular formula is C23H19NO5. The van der Waals surface area contributed by atoms with Crippen molar-refractivity contribution < 1.29 is 23.8 Å². The maximum atomic E-state index is 11.6. The Morgan fingerprint density at radius 1 is 0.897 bits per heavy atom. The van der Waals surface area contributed by atoms with E-state index in [9.17, 15) is 4.79 Å².